The second-order valence-electron chi connectivity index (χ2n) is 7.37. The summed E-state index contributed by atoms with van der Waals surface area (Å²) < 4.78 is 0.250. The van der Waals surface area contributed by atoms with Gasteiger partial charge in [-0.15, -0.1) is 36.6 Å². The van der Waals surface area contributed by atoms with Crippen molar-refractivity contribution in [1.82, 2.24) is 10.2 Å². The normalized spacial score (nSPS) is 18.2. The van der Waals surface area contributed by atoms with Crippen molar-refractivity contribution in [3.63, 3.8) is 0 Å². The van der Waals surface area contributed by atoms with E-state index in [9.17, 15) is 0 Å². The number of piperazine rings is 1. The first kappa shape index (κ1) is 24.1. The van der Waals surface area contributed by atoms with Crippen molar-refractivity contribution in [2.75, 3.05) is 26.2 Å². The van der Waals surface area contributed by atoms with E-state index in [0.29, 0.717) is 12.0 Å². The zero-order valence-corrected chi connectivity index (χ0v) is 18.1. The first-order valence-corrected chi connectivity index (χ1v) is 9.46. The molecule has 0 aliphatic carbocycles. The molecule has 1 saturated heterocycles. The second-order valence-corrected chi connectivity index (χ2v) is 9.24. The van der Waals surface area contributed by atoms with E-state index in [4.69, 9.17) is 0 Å². The molecule has 1 N–H and O–H groups in total. The lowest BCUT2D eigenvalue weighted by Crippen LogP contribution is -2.46. The highest BCUT2D eigenvalue weighted by Gasteiger charge is 2.29. The summed E-state index contributed by atoms with van der Waals surface area (Å²) in [4.78, 5) is 4.14. The Balaban J connectivity index is 0.00000264. The van der Waals surface area contributed by atoms with Gasteiger partial charge in [0.15, 0.2) is 0 Å². The second kappa shape index (κ2) is 10.9. The lowest BCUT2D eigenvalue weighted by Gasteiger charge is -2.39. The van der Waals surface area contributed by atoms with Crippen LogP contribution in [0.1, 0.15) is 52.6 Å². The van der Waals surface area contributed by atoms with Crippen molar-refractivity contribution in [2.24, 2.45) is 5.92 Å². The Morgan fingerprint density at radius 3 is 2.25 bits per heavy atom. The van der Waals surface area contributed by atoms with Gasteiger partial charge in [-0.1, -0.05) is 59.2 Å². The first-order valence-electron chi connectivity index (χ1n) is 8.65. The van der Waals surface area contributed by atoms with Gasteiger partial charge in [0.05, 0.1) is 0 Å². The zero-order valence-electron chi connectivity index (χ0n) is 15.7. The lowest BCUT2D eigenvalue weighted by atomic mass is 9.90. The molecule has 0 saturated carbocycles. The topological polar surface area (TPSA) is 15.3 Å². The Kier molecular flexibility index (Phi) is 11.0. The zero-order chi connectivity index (χ0) is 16.2. The van der Waals surface area contributed by atoms with Gasteiger partial charge in [0.25, 0.3) is 0 Å². The number of thioether (sulfide) groups is 1. The Labute approximate surface area is 165 Å². The number of nitrogens with zero attached hydrogens (tertiary/aromatic N) is 1. The van der Waals surface area contributed by atoms with Crippen LogP contribution in [0.15, 0.2) is 29.2 Å². The molecular weight excluding hydrogens is 359 g/mol. The Morgan fingerprint density at radius 2 is 1.71 bits per heavy atom. The number of nitrogens with one attached hydrogen (secondary N) is 1. The molecule has 1 unspecified atom stereocenters. The highest BCUT2D eigenvalue weighted by Crippen LogP contribution is 2.40. The lowest BCUT2D eigenvalue weighted by molar-refractivity contribution is 0.126. The summed E-state index contributed by atoms with van der Waals surface area (Å²) in [6.45, 7) is 16.2. The minimum Gasteiger partial charge on any atom is -0.314 e. The third-order valence-corrected chi connectivity index (χ3v) is 5.59. The summed E-state index contributed by atoms with van der Waals surface area (Å²) in [5.41, 5.74) is 1.53. The van der Waals surface area contributed by atoms with Crippen LogP contribution in [-0.2, 0) is 0 Å². The third kappa shape index (κ3) is 6.76. The number of rotatable bonds is 5. The Morgan fingerprint density at radius 1 is 1.12 bits per heavy atom. The Bertz CT molecular complexity index is 471. The van der Waals surface area contributed by atoms with Crippen LogP contribution < -0.4 is 5.32 Å². The SMILES string of the molecule is CCC(C)[C@@H](c1ccccc1SC(C)(C)C)N1CCNCC1.Cl.Cl. The first-order chi connectivity index (χ1) is 10.4. The van der Waals surface area contributed by atoms with E-state index in [0.717, 1.165) is 26.2 Å². The van der Waals surface area contributed by atoms with E-state index in [1.54, 1.807) is 0 Å². The van der Waals surface area contributed by atoms with Gasteiger partial charge in [-0.3, -0.25) is 4.90 Å². The molecule has 0 spiro atoms. The number of hydrogen-bond donors (Lipinski definition) is 1. The van der Waals surface area contributed by atoms with Gasteiger partial charge in [0, 0.05) is 41.9 Å². The molecule has 1 heterocycles. The molecule has 2 atom stereocenters. The number of benzene rings is 1. The smallest absolute Gasteiger partial charge is 0.0385 e. The summed E-state index contributed by atoms with van der Waals surface area (Å²) in [5.74, 6) is 0.680. The Hall–Kier alpha value is 0.0700. The minimum atomic E-state index is 0. The summed E-state index contributed by atoms with van der Waals surface area (Å²) in [6.07, 6.45) is 1.23. The van der Waals surface area contributed by atoms with Gasteiger partial charge in [0.2, 0.25) is 0 Å². The van der Waals surface area contributed by atoms with Crippen molar-refractivity contribution >= 4 is 36.6 Å². The van der Waals surface area contributed by atoms with Crippen molar-refractivity contribution in [3.05, 3.63) is 29.8 Å². The van der Waals surface area contributed by atoms with Crippen LogP contribution in [0.4, 0.5) is 0 Å². The number of hydrogen-bond acceptors (Lipinski definition) is 3. The molecule has 5 heteroatoms. The maximum Gasteiger partial charge on any atom is 0.0385 e. The molecule has 2 rings (SSSR count). The predicted molar refractivity (Wildman–Crippen MR) is 113 cm³/mol. The number of halogens is 2. The van der Waals surface area contributed by atoms with Crippen LogP contribution >= 0.6 is 36.6 Å². The standard InChI is InChI=1S/C19H32N2S.2ClH/c1-6-15(2)18(21-13-11-20-12-14-21)16-9-7-8-10-17(16)22-19(3,4)5;;/h7-10,15,18,20H,6,11-14H2,1-5H3;2*1H/t15?,18-;;/m0../s1. The molecule has 0 bridgehead atoms. The van der Waals surface area contributed by atoms with Crippen LogP contribution in [0.2, 0.25) is 0 Å². The van der Waals surface area contributed by atoms with Gasteiger partial charge >= 0.3 is 0 Å². The quantitative estimate of drug-likeness (QED) is 0.673. The molecule has 0 aromatic heterocycles. The molecule has 24 heavy (non-hydrogen) atoms. The molecule has 0 radical (unpaired) electrons. The van der Waals surface area contributed by atoms with Crippen molar-refractivity contribution in [1.29, 1.82) is 0 Å². The highest BCUT2D eigenvalue weighted by atomic mass is 35.5. The maximum absolute atomic E-state index is 3.48. The molecule has 1 aliphatic heterocycles. The molecule has 1 fully saturated rings. The molecule has 1 aromatic carbocycles. The van der Waals surface area contributed by atoms with Crippen LogP contribution in [0.5, 0.6) is 0 Å². The van der Waals surface area contributed by atoms with Crippen LogP contribution in [0.3, 0.4) is 0 Å². The van der Waals surface area contributed by atoms with Gasteiger partial charge < -0.3 is 5.32 Å². The van der Waals surface area contributed by atoms with E-state index in [1.807, 2.05) is 11.8 Å². The van der Waals surface area contributed by atoms with Gasteiger partial charge in [-0.25, -0.2) is 0 Å². The van der Waals surface area contributed by atoms with Gasteiger partial charge in [-0.2, -0.15) is 0 Å². The van der Waals surface area contributed by atoms with Crippen molar-refractivity contribution < 1.29 is 0 Å². The summed E-state index contributed by atoms with van der Waals surface area (Å²) in [6, 6.07) is 9.59. The third-order valence-electron chi connectivity index (χ3n) is 4.38. The summed E-state index contributed by atoms with van der Waals surface area (Å²) in [7, 11) is 0. The fourth-order valence-electron chi connectivity index (χ4n) is 3.19. The molecule has 1 aromatic rings. The highest BCUT2D eigenvalue weighted by molar-refractivity contribution is 8.00. The van der Waals surface area contributed by atoms with Crippen LogP contribution in [0, 0.1) is 5.92 Å². The fourth-order valence-corrected chi connectivity index (χ4v) is 4.31. The van der Waals surface area contributed by atoms with Crippen molar-refractivity contribution in [2.45, 2.75) is 56.7 Å². The fraction of sp³-hybridized carbons (Fsp3) is 0.684. The van der Waals surface area contributed by atoms with Crippen LogP contribution in [-0.4, -0.2) is 35.8 Å². The monoisotopic (exact) mass is 392 g/mol. The van der Waals surface area contributed by atoms with Gasteiger partial charge in [0.1, 0.15) is 0 Å². The molecule has 140 valence electrons. The molecule has 1 aliphatic rings. The van der Waals surface area contributed by atoms with E-state index in [2.05, 4.69) is 69.1 Å². The average Bonchev–Trinajstić information content (AvgIpc) is 2.48. The average molecular weight is 393 g/mol. The summed E-state index contributed by atoms with van der Waals surface area (Å²) >= 11 is 2.01. The maximum atomic E-state index is 3.48. The van der Waals surface area contributed by atoms with Crippen LogP contribution in [0.25, 0.3) is 0 Å². The minimum absolute atomic E-state index is 0. The molecule has 0 amide bonds. The largest absolute Gasteiger partial charge is 0.314 e. The van der Waals surface area contributed by atoms with E-state index < -0.39 is 0 Å². The predicted octanol–water partition coefficient (Wildman–Crippen LogP) is 5.41. The van der Waals surface area contributed by atoms with E-state index in [1.165, 1.54) is 16.9 Å². The van der Waals surface area contributed by atoms with Gasteiger partial charge in [-0.05, 0) is 17.5 Å². The van der Waals surface area contributed by atoms with Crippen molar-refractivity contribution in [3.8, 4) is 0 Å². The van der Waals surface area contributed by atoms with E-state index >= 15 is 0 Å². The van der Waals surface area contributed by atoms with E-state index in [-0.39, 0.29) is 29.6 Å². The molecular formula is C19H34Cl2N2S. The summed E-state index contributed by atoms with van der Waals surface area (Å²) in [5, 5.41) is 3.48. The molecule has 2 nitrogen and oxygen atoms in total.